The highest BCUT2D eigenvalue weighted by Crippen LogP contribution is 2.37. The normalized spacial score (nSPS) is 12.1. The van der Waals surface area contributed by atoms with Crippen molar-refractivity contribution in [1.29, 1.82) is 0 Å². The predicted molar refractivity (Wildman–Crippen MR) is 96.2 cm³/mol. The quantitative estimate of drug-likeness (QED) is 0.204. The predicted octanol–water partition coefficient (Wildman–Crippen LogP) is 4.00. The van der Waals surface area contributed by atoms with Crippen molar-refractivity contribution < 1.29 is 27.7 Å². The molecular formula is C18H11ClF3N3O2S. The lowest BCUT2D eigenvalue weighted by Crippen LogP contribution is -2.33. The molecule has 0 bridgehead atoms. The average Bonchev–Trinajstić information content (AvgIpc) is 2.62. The molecule has 0 saturated carbocycles. The molecule has 3 aromatic rings. The maximum absolute atomic E-state index is 12.4. The summed E-state index contributed by atoms with van der Waals surface area (Å²) in [5.74, 6) is -0.309. The van der Waals surface area contributed by atoms with E-state index in [4.69, 9.17) is 16.3 Å². The van der Waals surface area contributed by atoms with Gasteiger partial charge in [0.1, 0.15) is 10.9 Å². The summed E-state index contributed by atoms with van der Waals surface area (Å²) < 4.78 is 44.0. The molecule has 0 amide bonds. The van der Waals surface area contributed by atoms with Crippen molar-refractivity contribution in [2.75, 3.05) is 0 Å². The smallest absolute Gasteiger partial charge is 0.446 e. The fraction of sp³-hybridized carbons (Fsp3) is 0.0556. The van der Waals surface area contributed by atoms with E-state index in [1.54, 1.807) is 30.6 Å². The highest BCUT2D eigenvalue weighted by molar-refractivity contribution is 8.00. The Hall–Kier alpha value is -2.78. The molecule has 0 saturated heterocycles. The van der Waals surface area contributed by atoms with Crippen molar-refractivity contribution in [2.45, 2.75) is 10.4 Å². The van der Waals surface area contributed by atoms with Gasteiger partial charge in [0, 0.05) is 23.1 Å². The Morgan fingerprint density at radius 2 is 1.79 bits per heavy atom. The monoisotopic (exact) mass is 425 g/mol. The van der Waals surface area contributed by atoms with Crippen LogP contribution in [0.4, 0.5) is 13.2 Å². The molecule has 0 fully saturated rings. The van der Waals surface area contributed by atoms with Crippen LogP contribution < -0.4 is 14.5 Å². The number of ether oxygens (including phenoxy) is 1. The molecule has 0 spiro atoms. The molecule has 5 nitrogen and oxygen atoms in total. The SMILES string of the molecule is [O-]C(=N[n+]1ccccc1)c1cc(Cl)nc(Oc2ccc(SC(F)(F)F)cc2)c1. The van der Waals surface area contributed by atoms with Gasteiger partial charge in [0.25, 0.3) is 0 Å². The topological polar surface area (TPSA) is 61.4 Å². The largest absolute Gasteiger partial charge is 0.854 e. The number of benzene rings is 1. The van der Waals surface area contributed by atoms with Crippen LogP contribution in [0.2, 0.25) is 5.15 Å². The summed E-state index contributed by atoms with van der Waals surface area (Å²) in [5.41, 5.74) is -4.22. The van der Waals surface area contributed by atoms with Crippen LogP contribution in [0.15, 0.2) is 77.0 Å². The van der Waals surface area contributed by atoms with Crippen molar-refractivity contribution in [3.05, 3.63) is 77.7 Å². The Kier molecular flexibility index (Phi) is 6.05. The first-order chi connectivity index (χ1) is 13.3. The lowest BCUT2D eigenvalue weighted by atomic mass is 10.2. The minimum atomic E-state index is -4.37. The number of nitrogens with zero attached hydrogens (tertiary/aromatic N) is 3. The molecule has 10 heteroatoms. The number of aromatic nitrogens is 2. The first kappa shape index (κ1) is 20.0. The van der Waals surface area contributed by atoms with Crippen LogP contribution >= 0.6 is 23.4 Å². The van der Waals surface area contributed by atoms with Crippen molar-refractivity contribution in [3.63, 3.8) is 0 Å². The van der Waals surface area contributed by atoms with Crippen LogP contribution in [0.1, 0.15) is 5.56 Å². The first-order valence-corrected chi connectivity index (χ1v) is 8.92. The Balaban J connectivity index is 1.79. The highest BCUT2D eigenvalue weighted by Gasteiger charge is 2.29. The Morgan fingerprint density at radius 3 is 2.43 bits per heavy atom. The number of thioether (sulfide) groups is 1. The summed E-state index contributed by atoms with van der Waals surface area (Å²) in [6, 6.07) is 13.2. The molecule has 0 N–H and O–H groups in total. The van der Waals surface area contributed by atoms with Gasteiger partial charge in [-0.05, 0) is 52.8 Å². The lowest BCUT2D eigenvalue weighted by Gasteiger charge is -2.11. The van der Waals surface area contributed by atoms with Gasteiger partial charge in [0.15, 0.2) is 0 Å². The minimum Gasteiger partial charge on any atom is -0.854 e. The van der Waals surface area contributed by atoms with Crippen molar-refractivity contribution in [3.8, 4) is 11.6 Å². The lowest BCUT2D eigenvalue weighted by molar-refractivity contribution is -0.681. The average molecular weight is 426 g/mol. The molecule has 0 radical (unpaired) electrons. The second-order valence-corrected chi connectivity index (χ2v) is 6.82. The Morgan fingerprint density at radius 1 is 1.11 bits per heavy atom. The van der Waals surface area contributed by atoms with E-state index in [0.29, 0.717) is 0 Å². The van der Waals surface area contributed by atoms with Gasteiger partial charge in [0.05, 0.1) is 5.90 Å². The van der Waals surface area contributed by atoms with E-state index >= 15 is 0 Å². The fourth-order valence-electron chi connectivity index (χ4n) is 2.10. The maximum atomic E-state index is 12.4. The zero-order valence-corrected chi connectivity index (χ0v) is 15.5. The van der Waals surface area contributed by atoms with E-state index in [1.807, 2.05) is 0 Å². The third-order valence-corrected chi connectivity index (χ3v) is 4.14. The molecule has 2 aromatic heterocycles. The van der Waals surface area contributed by atoms with E-state index in [1.165, 1.54) is 41.1 Å². The van der Waals surface area contributed by atoms with Gasteiger partial charge < -0.3 is 9.84 Å². The summed E-state index contributed by atoms with van der Waals surface area (Å²) in [4.78, 5) is 3.98. The molecule has 0 unspecified atom stereocenters. The van der Waals surface area contributed by atoms with Crippen LogP contribution in [0.25, 0.3) is 0 Å². The molecule has 0 aliphatic carbocycles. The molecule has 0 aliphatic rings. The molecule has 0 atom stereocenters. The zero-order valence-electron chi connectivity index (χ0n) is 13.9. The summed E-state index contributed by atoms with van der Waals surface area (Å²) in [6.45, 7) is 0. The van der Waals surface area contributed by atoms with Crippen LogP contribution in [0, 0.1) is 0 Å². The third kappa shape index (κ3) is 5.86. The van der Waals surface area contributed by atoms with Crippen LogP contribution in [-0.2, 0) is 0 Å². The second-order valence-electron chi connectivity index (χ2n) is 5.30. The van der Waals surface area contributed by atoms with Gasteiger partial charge in [-0.1, -0.05) is 22.3 Å². The third-order valence-electron chi connectivity index (χ3n) is 3.20. The van der Waals surface area contributed by atoms with E-state index in [2.05, 4.69) is 10.1 Å². The van der Waals surface area contributed by atoms with Crippen molar-refractivity contribution in [2.24, 2.45) is 5.10 Å². The van der Waals surface area contributed by atoms with Gasteiger partial charge in [-0.15, -0.1) is 0 Å². The maximum Gasteiger partial charge on any atom is 0.446 e. The van der Waals surface area contributed by atoms with E-state index in [9.17, 15) is 18.3 Å². The van der Waals surface area contributed by atoms with Gasteiger partial charge in [0.2, 0.25) is 18.3 Å². The van der Waals surface area contributed by atoms with Gasteiger partial charge >= 0.3 is 5.51 Å². The summed E-state index contributed by atoms with van der Waals surface area (Å²) >= 11 is 5.71. The number of rotatable bonds is 5. The zero-order chi connectivity index (χ0) is 20.1. The fourth-order valence-corrected chi connectivity index (χ4v) is 2.84. The highest BCUT2D eigenvalue weighted by atomic mass is 35.5. The second kappa shape index (κ2) is 8.49. The standard InChI is InChI=1S/C18H11ClF3N3O2S/c19-15-10-12(17(26)24-25-8-2-1-3-9-25)11-16(23-15)27-13-4-6-14(7-5-13)28-18(20,21)22/h1-11H. The van der Waals surface area contributed by atoms with Gasteiger partial charge in [-0.2, -0.15) is 13.2 Å². The van der Waals surface area contributed by atoms with Crippen LogP contribution in [0.5, 0.6) is 11.6 Å². The molecule has 28 heavy (non-hydrogen) atoms. The van der Waals surface area contributed by atoms with E-state index < -0.39 is 11.4 Å². The van der Waals surface area contributed by atoms with E-state index in [0.717, 1.165) is 0 Å². The number of halogens is 4. The molecule has 144 valence electrons. The van der Waals surface area contributed by atoms with E-state index in [-0.39, 0.29) is 39.0 Å². The summed E-state index contributed by atoms with van der Waals surface area (Å²) in [6.07, 6.45) is 3.19. The summed E-state index contributed by atoms with van der Waals surface area (Å²) in [7, 11) is 0. The van der Waals surface area contributed by atoms with Crippen molar-refractivity contribution >= 4 is 29.3 Å². The number of pyridine rings is 2. The molecular weight excluding hydrogens is 415 g/mol. The van der Waals surface area contributed by atoms with Gasteiger partial charge in [-0.25, -0.2) is 4.98 Å². The molecule has 3 rings (SSSR count). The minimum absolute atomic E-state index is 0.0124. The first-order valence-electron chi connectivity index (χ1n) is 7.72. The van der Waals surface area contributed by atoms with Crippen LogP contribution in [-0.4, -0.2) is 16.4 Å². The number of hydrogen-bond donors (Lipinski definition) is 0. The Labute approximate surface area is 167 Å². The molecule has 2 heterocycles. The van der Waals surface area contributed by atoms with Gasteiger partial charge in [-0.3, -0.25) is 0 Å². The van der Waals surface area contributed by atoms with Crippen LogP contribution in [0.3, 0.4) is 0 Å². The number of alkyl halides is 3. The molecule has 1 aromatic carbocycles. The number of hydrogen-bond acceptors (Lipinski definition) is 5. The molecule has 0 aliphatic heterocycles. The summed E-state index contributed by atoms with van der Waals surface area (Å²) in [5, 5.41) is 16.2. The van der Waals surface area contributed by atoms with Crippen molar-refractivity contribution in [1.82, 2.24) is 4.98 Å². The Bertz CT molecular complexity index is 984.